The van der Waals surface area contributed by atoms with Gasteiger partial charge < -0.3 is 10.2 Å². The fourth-order valence-corrected chi connectivity index (χ4v) is 5.40. The summed E-state index contributed by atoms with van der Waals surface area (Å²) in [5.74, 6) is 0.387. The Balaban J connectivity index is 1.23. The number of hydrogen-bond donors (Lipinski definition) is 1. The van der Waals surface area contributed by atoms with Crippen molar-refractivity contribution in [3.05, 3.63) is 84.2 Å². The number of hydrogen-bond acceptors (Lipinski definition) is 3. The van der Waals surface area contributed by atoms with Gasteiger partial charge in [-0.25, -0.2) is 4.68 Å². The molecule has 1 aromatic heterocycles. The van der Waals surface area contributed by atoms with Crippen molar-refractivity contribution in [2.45, 2.75) is 50.6 Å². The number of likely N-dealkylation sites (tertiary alicyclic amines) is 1. The molecule has 0 bridgehead atoms. The largest absolute Gasteiger partial charge is 0.354 e. The first-order valence-corrected chi connectivity index (χ1v) is 11.9. The van der Waals surface area contributed by atoms with Crippen molar-refractivity contribution in [3.63, 3.8) is 0 Å². The minimum atomic E-state index is -0.381. The van der Waals surface area contributed by atoms with E-state index in [0.717, 1.165) is 43.4 Å². The molecule has 2 aromatic carbocycles. The molecule has 3 aromatic rings. The van der Waals surface area contributed by atoms with Crippen molar-refractivity contribution >= 4 is 11.8 Å². The molecule has 0 radical (unpaired) electrons. The summed E-state index contributed by atoms with van der Waals surface area (Å²) in [6.07, 6.45) is 9.61. The first kappa shape index (κ1) is 21.4. The molecule has 5 rings (SSSR count). The van der Waals surface area contributed by atoms with Gasteiger partial charge in [0.1, 0.15) is 6.04 Å². The Labute approximate surface area is 194 Å². The first-order chi connectivity index (χ1) is 16.2. The van der Waals surface area contributed by atoms with Gasteiger partial charge in [0.25, 0.3) is 5.91 Å². The molecular weight excluding hydrogens is 412 g/mol. The third kappa shape index (κ3) is 4.56. The molecule has 6 nitrogen and oxygen atoms in total. The zero-order valence-electron chi connectivity index (χ0n) is 18.8. The minimum absolute atomic E-state index is 0.0145. The van der Waals surface area contributed by atoms with E-state index >= 15 is 0 Å². The van der Waals surface area contributed by atoms with Crippen LogP contribution >= 0.6 is 0 Å². The predicted octanol–water partition coefficient (Wildman–Crippen LogP) is 4.00. The summed E-state index contributed by atoms with van der Waals surface area (Å²) in [4.78, 5) is 28.5. The summed E-state index contributed by atoms with van der Waals surface area (Å²) in [6, 6.07) is 19.3. The Kier molecular flexibility index (Phi) is 6.24. The van der Waals surface area contributed by atoms with Crippen LogP contribution < -0.4 is 5.32 Å². The molecule has 170 valence electrons. The molecule has 3 atom stereocenters. The quantitative estimate of drug-likeness (QED) is 0.627. The van der Waals surface area contributed by atoms with Gasteiger partial charge in [0, 0.05) is 30.5 Å². The Hall–Kier alpha value is -3.41. The lowest BCUT2D eigenvalue weighted by molar-refractivity contribution is -0.125. The van der Waals surface area contributed by atoms with E-state index in [1.165, 1.54) is 6.42 Å². The molecule has 3 unspecified atom stereocenters. The number of rotatable bonds is 6. The zero-order valence-corrected chi connectivity index (χ0v) is 18.8. The predicted molar refractivity (Wildman–Crippen MR) is 127 cm³/mol. The van der Waals surface area contributed by atoms with Gasteiger partial charge >= 0.3 is 0 Å². The van der Waals surface area contributed by atoms with E-state index in [-0.39, 0.29) is 23.9 Å². The fourth-order valence-electron chi connectivity index (χ4n) is 5.40. The number of fused-ring (bicyclic) bond motifs is 1. The molecule has 33 heavy (non-hydrogen) atoms. The number of carbonyl (C=O) groups is 2. The van der Waals surface area contributed by atoms with E-state index in [1.54, 1.807) is 6.20 Å². The van der Waals surface area contributed by atoms with E-state index in [0.29, 0.717) is 18.0 Å². The highest BCUT2D eigenvalue weighted by Crippen LogP contribution is 2.40. The highest BCUT2D eigenvalue weighted by molar-refractivity contribution is 5.98. The third-order valence-electron chi connectivity index (χ3n) is 7.06. The maximum atomic E-state index is 13.4. The van der Waals surface area contributed by atoms with Crippen LogP contribution in [-0.4, -0.2) is 45.1 Å². The minimum Gasteiger partial charge on any atom is -0.354 e. The average molecular weight is 443 g/mol. The SMILES string of the molecule is O=C(NCCc1ccc(-n2cccn2)cc1)C1CC2CCCCC2N1C(=O)c1ccccc1. The first-order valence-electron chi connectivity index (χ1n) is 11.9. The Morgan fingerprint density at radius 3 is 2.52 bits per heavy atom. The number of carbonyl (C=O) groups excluding carboxylic acids is 2. The standard InChI is InChI=1S/C27H30N4O2/c32-26(28-17-15-20-11-13-23(14-12-20)30-18-6-16-29-30)25-19-22-9-4-5-10-24(22)31(25)27(33)21-7-2-1-3-8-21/h1-3,6-8,11-14,16,18,22,24-25H,4-5,9-10,15,17,19H2,(H,28,32). The topological polar surface area (TPSA) is 67.2 Å². The van der Waals surface area contributed by atoms with Gasteiger partial charge in [-0.05, 0) is 67.5 Å². The van der Waals surface area contributed by atoms with Crippen LogP contribution in [0.2, 0.25) is 0 Å². The third-order valence-corrected chi connectivity index (χ3v) is 7.06. The molecule has 2 amide bonds. The molecule has 0 spiro atoms. The summed E-state index contributed by atoms with van der Waals surface area (Å²) in [5.41, 5.74) is 2.83. The van der Waals surface area contributed by atoms with Crippen molar-refractivity contribution in [2.75, 3.05) is 6.54 Å². The summed E-state index contributed by atoms with van der Waals surface area (Å²) >= 11 is 0. The number of benzene rings is 2. The van der Waals surface area contributed by atoms with E-state index in [9.17, 15) is 9.59 Å². The molecule has 2 heterocycles. The highest BCUT2D eigenvalue weighted by Gasteiger charge is 2.47. The van der Waals surface area contributed by atoms with Crippen molar-refractivity contribution in [3.8, 4) is 5.69 Å². The van der Waals surface area contributed by atoms with Crippen LogP contribution in [-0.2, 0) is 11.2 Å². The van der Waals surface area contributed by atoms with Crippen LogP contribution in [0.1, 0.15) is 48.0 Å². The van der Waals surface area contributed by atoms with E-state index in [2.05, 4.69) is 22.5 Å². The Morgan fingerprint density at radius 1 is 0.970 bits per heavy atom. The van der Waals surface area contributed by atoms with Crippen LogP contribution in [0.4, 0.5) is 0 Å². The molecule has 2 fully saturated rings. The van der Waals surface area contributed by atoms with Crippen LogP contribution in [0.25, 0.3) is 5.69 Å². The molecule has 6 heteroatoms. The van der Waals surface area contributed by atoms with Crippen LogP contribution in [0.15, 0.2) is 73.1 Å². The van der Waals surface area contributed by atoms with E-state index < -0.39 is 0 Å². The highest BCUT2D eigenvalue weighted by atomic mass is 16.2. The van der Waals surface area contributed by atoms with Gasteiger partial charge in [0.05, 0.1) is 5.69 Å². The summed E-state index contributed by atoms with van der Waals surface area (Å²) in [7, 11) is 0. The number of aromatic nitrogens is 2. The zero-order chi connectivity index (χ0) is 22.6. The lowest BCUT2D eigenvalue weighted by Crippen LogP contribution is -2.49. The maximum Gasteiger partial charge on any atom is 0.254 e. The van der Waals surface area contributed by atoms with Crippen LogP contribution in [0, 0.1) is 5.92 Å². The molecule has 1 aliphatic heterocycles. The monoisotopic (exact) mass is 442 g/mol. The lowest BCUT2D eigenvalue weighted by Gasteiger charge is -2.33. The normalized spacial score (nSPS) is 22.1. The van der Waals surface area contributed by atoms with Gasteiger partial charge in [-0.15, -0.1) is 0 Å². The Morgan fingerprint density at radius 2 is 1.76 bits per heavy atom. The molecule has 1 saturated heterocycles. The van der Waals surface area contributed by atoms with Gasteiger partial charge in [0.15, 0.2) is 0 Å². The number of nitrogens with one attached hydrogen (secondary N) is 1. The second kappa shape index (κ2) is 9.61. The summed E-state index contributed by atoms with van der Waals surface area (Å²) in [6.45, 7) is 0.555. The number of nitrogens with zero attached hydrogens (tertiary/aromatic N) is 3. The average Bonchev–Trinajstić information content (AvgIpc) is 3.53. The van der Waals surface area contributed by atoms with Crippen LogP contribution in [0.3, 0.4) is 0 Å². The summed E-state index contributed by atoms with van der Waals surface area (Å²) < 4.78 is 1.82. The van der Waals surface area contributed by atoms with Crippen LogP contribution in [0.5, 0.6) is 0 Å². The van der Waals surface area contributed by atoms with Gasteiger partial charge in [-0.2, -0.15) is 5.10 Å². The van der Waals surface area contributed by atoms with Crippen molar-refractivity contribution in [1.29, 1.82) is 0 Å². The summed E-state index contributed by atoms with van der Waals surface area (Å²) in [5, 5.41) is 7.36. The number of amides is 2. The second-order valence-electron chi connectivity index (χ2n) is 9.10. The molecule has 1 N–H and O–H groups in total. The van der Waals surface area contributed by atoms with Gasteiger partial charge in [-0.3, -0.25) is 9.59 Å². The fraction of sp³-hybridized carbons (Fsp3) is 0.370. The molecule has 2 aliphatic rings. The van der Waals surface area contributed by atoms with Gasteiger partial charge in [0.2, 0.25) is 5.91 Å². The molecular formula is C27H30N4O2. The lowest BCUT2D eigenvalue weighted by atomic mass is 9.84. The molecule has 1 aliphatic carbocycles. The van der Waals surface area contributed by atoms with E-state index in [1.807, 2.05) is 64.3 Å². The second-order valence-corrected chi connectivity index (χ2v) is 9.10. The van der Waals surface area contributed by atoms with Crippen molar-refractivity contribution < 1.29 is 9.59 Å². The van der Waals surface area contributed by atoms with Crippen molar-refractivity contribution in [2.24, 2.45) is 5.92 Å². The smallest absolute Gasteiger partial charge is 0.254 e. The van der Waals surface area contributed by atoms with E-state index in [4.69, 9.17) is 0 Å². The van der Waals surface area contributed by atoms with Gasteiger partial charge in [-0.1, -0.05) is 43.2 Å². The maximum absolute atomic E-state index is 13.4. The molecule has 1 saturated carbocycles. The van der Waals surface area contributed by atoms with Crippen molar-refractivity contribution in [1.82, 2.24) is 20.0 Å². The Bertz CT molecular complexity index is 1080.